The zero-order valence-electron chi connectivity index (χ0n) is 8.98. The Balaban J connectivity index is 1.99. The normalized spacial score (nSPS) is 17.6. The highest BCUT2D eigenvalue weighted by Crippen LogP contribution is 2.14. The molecule has 2 rings (SSSR count). The number of hydrogen-bond donors (Lipinski definition) is 0. The first-order chi connectivity index (χ1) is 7.38. The molecular weight excluding hydrogens is 202 g/mol. The lowest BCUT2D eigenvalue weighted by Crippen LogP contribution is -2.31. The monoisotopic (exact) mass is 219 g/mol. The van der Waals surface area contributed by atoms with Crippen molar-refractivity contribution < 1.29 is 0 Å². The summed E-state index contributed by atoms with van der Waals surface area (Å²) in [5.74, 6) is 2.56. The molecular formula is C13H17NS. The lowest BCUT2D eigenvalue weighted by molar-refractivity contribution is 0.294. The van der Waals surface area contributed by atoms with E-state index in [1.54, 1.807) is 0 Å². The van der Waals surface area contributed by atoms with Gasteiger partial charge in [0.15, 0.2) is 0 Å². The Morgan fingerprint density at radius 2 is 2.13 bits per heavy atom. The van der Waals surface area contributed by atoms with Gasteiger partial charge in [-0.2, -0.15) is 11.8 Å². The van der Waals surface area contributed by atoms with Crippen LogP contribution in [0.1, 0.15) is 11.1 Å². The van der Waals surface area contributed by atoms with E-state index in [4.69, 9.17) is 0 Å². The van der Waals surface area contributed by atoms with Gasteiger partial charge in [-0.25, -0.2) is 0 Å². The summed E-state index contributed by atoms with van der Waals surface area (Å²) in [6.07, 6.45) is 1.91. The zero-order chi connectivity index (χ0) is 10.5. The topological polar surface area (TPSA) is 3.24 Å². The van der Waals surface area contributed by atoms with Crippen LogP contribution >= 0.6 is 11.8 Å². The Hall–Kier alpha value is -0.730. The molecule has 1 aromatic rings. The van der Waals surface area contributed by atoms with Crippen LogP contribution in [0, 0.1) is 0 Å². The van der Waals surface area contributed by atoms with Crippen LogP contribution in [0.2, 0.25) is 0 Å². The van der Waals surface area contributed by atoms with Gasteiger partial charge in [0.05, 0.1) is 0 Å². The number of hydrogen-bond acceptors (Lipinski definition) is 2. The molecule has 1 aliphatic rings. The quantitative estimate of drug-likeness (QED) is 0.769. The van der Waals surface area contributed by atoms with Crippen LogP contribution in [0.15, 0.2) is 30.8 Å². The molecule has 0 amide bonds. The Morgan fingerprint density at radius 3 is 2.87 bits per heavy atom. The highest BCUT2D eigenvalue weighted by atomic mass is 32.2. The molecule has 0 radical (unpaired) electrons. The van der Waals surface area contributed by atoms with Crippen molar-refractivity contribution in [1.82, 2.24) is 4.90 Å². The maximum Gasteiger partial charge on any atom is 0.0234 e. The summed E-state index contributed by atoms with van der Waals surface area (Å²) in [5, 5.41) is 0. The van der Waals surface area contributed by atoms with Crippen LogP contribution in [0.25, 0.3) is 6.08 Å². The van der Waals surface area contributed by atoms with Gasteiger partial charge in [0, 0.05) is 31.1 Å². The molecule has 0 aromatic heterocycles. The maximum absolute atomic E-state index is 3.80. The van der Waals surface area contributed by atoms with Gasteiger partial charge in [0.2, 0.25) is 0 Å². The molecule has 80 valence electrons. The lowest BCUT2D eigenvalue weighted by Gasteiger charge is -2.26. The Morgan fingerprint density at radius 1 is 1.33 bits per heavy atom. The third-order valence-electron chi connectivity index (χ3n) is 2.70. The minimum absolute atomic E-state index is 1.09. The van der Waals surface area contributed by atoms with E-state index in [0.717, 1.165) is 6.54 Å². The number of nitrogens with zero attached hydrogens (tertiary/aromatic N) is 1. The molecule has 0 spiro atoms. The van der Waals surface area contributed by atoms with Gasteiger partial charge in [0.25, 0.3) is 0 Å². The number of benzene rings is 1. The van der Waals surface area contributed by atoms with E-state index in [-0.39, 0.29) is 0 Å². The smallest absolute Gasteiger partial charge is 0.0234 e. The molecule has 0 saturated carbocycles. The molecule has 0 aliphatic carbocycles. The lowest BCUT2D eigenvalue weighted by atomic mass is 10.1. The van der Waals surface area contributed by atoms with Crippen molar-refractivity contribution in [2.24, 2.45) is 0 Å². The van der Waals surface area contributed by atoms with Crippen LogP contribution in [0.3, 0.4) is 0 Å². The van der Waals surface area contributed by atoms with Crippen LogP contribution in [-0.2, 0) is 6.54 Å². The summed E-state index contributed by atoms with van der Waals surface area (Å²) in [6.45, 7) is 7.34. The van der Waals surface area contributed by atoms with Crippen LogP contribution < -0.4 is 0 Å². The molecule has 0 atom stereocenters. The summed E-state index contributed by atoms with van der Waals surface area (Å²) >= 11 is 2.06. The molecule has 1 fully saturated rings. The second kappa shape index (κ2) is 5.38. The van der Waals surface area contributed by atoms with E-state index in [9.17, 15) is 0 Å². The van der Waals surface area contributed by atoms with Gasteiger partial charge in [-0.1, -0.05) is 36.9 Å². The maximum atomic E-state index is 3.80. The van der Waals surface area contributed by atoms with Gasteiger partial charge >= 0.3 is 0 Å². The summed E-state index contributed by atoms with van der Waals surface area (Å²) < 4.78 is 0. The van der Waals surface area contributed by atoms with E-state index >= 15 is 0 Å². The van der Waals surface area contributed by atoms with Crippen LogP contribution in [0.5, 0.6) is 0 Å². The summed E-state index contributed by atoms with van der Waals surface area (Å²) in [7, 11) is 0. The molecule has 1 aromatic carbocycles. The fourth-order valence-corrected chi connectivity index (χ4v) is 2.81. The largest absolute Gasteiger partial charge is 0.297 e. The van der Waals surface area contributed by atoms with Gasteiger partial charge in [-0.15, -0.1) is 0 Å². The molecule has 2 heteroatoms. The predicted molar refractivity (Wildman–Crippen MR) is 69.1 cm³/mol. The molecule has 0 unspecified atom stereocenters. The third kappa shape index (κ3) is 3.11. The second-order valence-corrected chi connectivity index (χ2v) is 5.06. The van der Waals surface area contributed by atoms with E-state index < -0.39 is 0 Å². The first-order valence-electron chi connectivity index (χ1n) is 5.40. The van der Waals surface area contributed by atoms with Crippen LogP contribution in [-0.4, -0.2) is 29.5 Å². The van der Waals surface area contributed by atoms with Gasteiger partial charge in [0.1, 0.15) is 0 Å². The molecule has 1 nitrogen and oxygen atoms in total. The summed E-state index contributed by atoms with van der Waals surface area (Å²) in [5.41, 5.74) is 2.62. The van der Waals surface area contributed by atoms with Gasteiger partial charge < -0.3 is 0 Å². The molecule has 0 bridgehead atoms. The third-order valence-corrected chi connectivity index (χ3v) is 3.64. The first-order valence-corrected chi connectivity index (χ1v) is 6.55. The molecule has 1 saturated heterocycles. The summed E-state index contributed by atoms with van der Waals surface area (Å²) in [6, 6.07) is 8.65. The molecule has 15 heavy (non-hydrogen) atoms. The van der Waals surface area contributed by atoms with E-state index in [1.807, 2.05) is 6.08 Å². The number of rotatable bonds is 3. The fraction of sp³-hybridized carbons (Fsp3) is 0.385. The molecule has 1 aliphatic heterocycles. The molecule has 0 N–H and O–H groups in total. The Labute approximate surface area is 96.2 Å². The van der Waals surface area contributed by atoms with Crippen molar-refractivity contribution in [3.63, 3.8) is 0 Å². The number of thioether (sulfide) groups is 1. The van der Waals surface area contributed by atoms with Gasteiger partial charge in [-0.05, 0) is 11.1 Å². The highest BCUT2D eigenvalue weighted by molar-refractivity contribution is 7.99. The average Bonchev–Trinajstić information content (AvgIpc) is 2.31. The fourth-order valence-electron chi connectivity index (χ4n) is 1.84. The zero-order valence-corrected chi connectivity index (χ0v) is 9.80. The van der Waals surface area contributed by atoms with Crippen molar-refractivity contribution >= 4 is 17.8 Å². The average molecular weight is 219 g/mol. The van der Waals surface area contributed by atoms with Crippen molar-refractivity contribution in [3.05, 3.63) is 42.0 Å². The minimum Gasteiger partial charge on any atom is -0.297 e. The van der Waals surface area contributed by atoms with Crippen molar-refractivity contribution in [2.75, 3.05) is 24.6 Å². The minimum atomic E-state index is 1.09. The standard InChI is InChI=1S/C13H17NS/c1-2-12-4-3-5-13(10-12)11-14-6-8-15-9-7-14/h2-5,10H,1,6-9,11H2. The van der Waals surface area contributed by atoms with E-state index in [0.29, 0.717) is 0 Å². The first kappa shape index (κ1) is 10.8. The Bertz CT molecular complexity index is 329. The van der Waals surface area contributed by atoms with Crippen molar-refractivity contribution in [1.29, 1.82) is 0 Å². The van der Waals surface area contributed by atoms with Crippen LogP contribution in [0.4, 0.5) is 0 Å². The highest BCUT2D eigenvalue weighted by Gasteiger charge is 2.10. The molecule has 1 heterocycles. The SMILES string of the molecule is C=Cc1cccc(CN2CCSCC2)c1. The summed E-state index contributed by atoms with van der Waals surface area (Å²) in [4.78, 5) is 2.53. The predicted octanol–water partition coefficient (Wildman–Crippen LogP) is 2.88. The van der Waals surface area contributed by atoms with Crippen molar-refractivity contribution in [3.8, 4) is 0 Å². The Kier molecular flexibility index (Phi) is 3.87. The van der Waals surface area contributed by atoms with E-state index in [2.05, 4.69) is 47.5 Å². The second-order valence-electron chi connectivity index (χ2n) is 3.84. The van der Waals surface area contributed by atoms with Crippen molar-refractivity contribution in [2.45, 2.75) is 6.54 Å². The van der Waals surface area contributed by atoms with Gasteiger partial charge in [-0.3, -0.25) is 4.90 Å². The van der Waals surface area contributed by atoms with E-state index in [1.165, 1.54) is 35.7 Å².